The van der Waals surface area contributed by atoms with Crippen LogP contribution in [-0.4, -0.2) is 91.9 Å². The lowest BCUT2D eigenvalue weighted by Crippen LogP contribution is -2.63. The summed E-state index contributed by atoms with van der Waals surface area (Å²) in [5, 5.41) is 0. The summed E-state index contributed by atoms with van der Waals surface area (Å²) in [5.74, 6) is -2.58. The molecule has 1 aromatic carbocycles. The van der Waals surface area contributed by atoms with Crippen molar-refractivity contribution in [1.82, 2.24) is 4.90 Å². The average Bonchev–Trinajstić information content (AvgIpc) is 3.30. The van der Waals surface area contributed by atoms with Gasteiger partial charge in [0.15, 0.2) is 24.6 Å². The molecule has 1 heterocycles. The lowest BCUT2D eigenvalue weighted by atomic mass is 9.98. The van der Waals surface area contributed by atoms with E-state index < -0.39 is 54.6 Å². The topological polar surface area (TPSA) is 153 Å². The lowest BCUT2D eigenvalue weighted by Gasteiger charge is -2.44. The average molecular weight is 960 g/mol. The first-order chi connectivity index (χ1) is 33.0. The Hall–Kier alpha value is -3.71. The highest BCUT2D eigenvalue weighted by Gasteiger charge is 2.52. The second-order valence-corrected chi connectivity index (χ2v) is 18.9. The molecular weight excluding hydrogens is 867 g/mol. The molecule has 0 unspecified atom stereocenters. The molecule has 0 aliphatic carbocycles. The fraction of sp³-hybridized carbons (Fsp3) is 0.800. The van der Waals surface area contributed by atoms with Gasteiger partial charge in [0.2, 0.25) is 0 Å². The Bertz CT molecular complexity index is 1460. The van der Waals surface area contributed by atoms with Crippen molar-refractivity contribution in [3.05, 3.63) is 35.9 Å². The van der Waals surface area contributed by atoms with Crippen molar-refractivity contribution in [1.29, 1.82) is 0 Å². The van der Waals surface area contributed by atoms with Crippen LogP contribution in [0.25, 0.3) is 0 Å². The van der Waals surface area contributed by atoms with E-state index >= 15 is 0 Å². The number of nitrogens with zero attached hydrogens (tertiary/aromatic N) is 1. The van der Waals surface area contributed by atoms with Crippen LogP contribution in [0.4, 0.5) is 4.79 Å². The summed E-state index contributed by atoms with van der Waals surface area (Å²) in [7, 11) is 0. The Morgan fingerprint density at radius 1 is 0.471 bits per heavy atom. The zero-order valence-corrected chi connectivity index (χ0v) is 43.2. The van der Waals surface area contributed by atoms with E-state index in [2.05, 4.69) is 6.92 Å². The molecule has 0 radical (unpaired) electrons. The van der Waals surface area contributed by atoms with Crippen molar-refractivity contribution in [2.75, 3.05) is 26.3 Å². The molecule has 0 spiro atoms. The monoisotopic (exact) mass is 960 g/mol. The SMILES string of the molecule is CCCCCCCCCCCCCCCCCCN(CCCCCCCCCCCCCCCO[C@@H]1O[C@H](COC(C)=O)[C@H](OC(C)=O)[C@H](OC(C)=O)[C@H]1OC(C)=O)C(=O)OCc1ccccc1. The molecule has 13 nitrogen and oxygen atoms in total. The number of carbonyl (C=O) groups is 5. The van der Waals surface area contributed by atoms with Gasteiger partial charge >= 0.3 is 30.0 Å². The van der Waals surface area contributed by atoms with Crippen molar-refractivity contribution in [3.63, 3.8) is 0 Å². The van der Waals surface area contributed by atoms with Gasteiger partial charge in [0.25, 0.3) is 0 Å². The van der Waals surface area contributed by atoms with Gasteiger partial charge in [-0.3, -0.25) is 19.2 Å². The smallest absolute Gasteiger partial charge is 0.410 e. The van der Waals surface area contributed by atoms with Gasteiger partial charge in [0, 0.05) is 47.4 Å². The van der Waals surface area contributed by atoms with E-state index in [-0.39, 0.29) is 12.7 Å². The molecule has 0 saturated carbocycles. The van der Waals surface area contributed by atoms with Crippen molar-refractivity contribution < 1.29 is 57.1 Å². The summed E-state index contributed by atoms with van der Waals surface area (Å²) < 4.78 is 39.3. The van der Waals surface area contributed by atoms with Crippen molar-refractivity contribution >= 4 is 30.0 Å². The maximum absolute atomic E-state index is 13.1. The van der Waals surface area contributed by atoms with E-state index in [4.69, 9.17) is 33.2 Å². The molecule has 1 amide bonds. The molecule has 1 aliphatic rings. The Balaban J connectivity index is 1.59. The molecule has 1 fully saturated rings. The summed E-state index contributed by atoms with van der Waals surface area (Å²) in [4.78, 5) is 62.7. The van der Waals surface area contributed by atoms with Crippen molar-refractivity contribution in [3.8, 4) is 0 Å². The zero-order valence-electron chi connectivity index (χ0n) is 43.2. The molecule has 5 atom stereocenters. The van der Waals surface area contributed by atoms with Crippen LogP contribution in [0.15, 0.2) is 30.3 Å². The summed E-state index contributed by atoms with van der Waals surface area (Å²) in [5.41, 5.74) is 1.01. The van der Waals surface area contributed by atoms with E-state index in [0.717, 1.165) is 63.6 Å². The molecule has 0 aromatic heterocycles. The van der Waals surface area contributed by atoms with Gasteiger partial charge in [-0.2, -0.15) is 0 Å². The van der Waals surface area contributed by atoms with Gasteiger partial charge in [-0.25, -0.2) is 4.79 Å². The number of rotatable bonds is 41. The standard InChI is InChI=1S/C55H93NO12/c1-6-7-8-9-10-11-12-13-14-15-17-20-23-26-29-35-40-56(55(61)64-43-49-38-33-32-34-39-49)41-36-30-27-24-21-18-16-19-22-25-28-31-37-42-62-54-53(67-48(5)60)52(66-47(4)59)51(65-46(3)58)50(68-54)44-63-45(2)57/h32-34,38-39,50-54H,6-31,35-37,40-44H2,1-5H3/t50-,51+,52+,53-,54-/m1/s1. The number of benzene rings is 1. The summed E-state index contributed by atoms with van der Waals surface area (Å²) >= 11 is 0. The van der Waals surface area contributed by atoms with E-state index in [1.807, 2.05) is 35.2 Å². The number of hydrogen-bond acceptors (Lipinski definition) is 12. The summed E-state index contributed by atoms with van der Waals surface area (Å²) in [6.45, 7) is 8.96. The number of hydrogen-bond donors (Lipinski definition) is 0. The maximum Gasteiger partial charge on any atom is 0.410 e. The molecule has 2 rings (SSSR count). The number of esters is 4. The van der Waals surface area contributed by atoms with Gasteiger partial charge in [-0.15, -0.1) is 0 Å². The normalized spacial score (nSPS) is 17.9. The first-order valence-electron chi connectivity index (χ1n) is 26.9. The molecule has 68 heavy (non-hydrogen) atoms. The molecule has 1 aromatic rings. The first kappa shape index (κ1) is 60.4. The van der Waals surface area contributed by atoms with Crippen molar-refractivity contribution in [2.45, 2.75) is 258 Å². The molecule has 13 heteroatoms. The quantitative estimate of drug-likeness (QED) is 0.0349. The van der Waals surface area contributed by atoms with Crippen LogP contribution >= 0.6 is 0 Å². The van der Waals surface area contributed by atoms with Crippen LogP contribution < -0.4 is 0 Å². The minimum atomic E-state index is -1.23. The third kappa shape index (κ3) is 30.7. The largest absolute Gasteiger partial charge is 0.463 e. The van der Waals surface area contributed by atoms with Gasteiger partial charge in [0.1, 0.15) is 19.3 Å². The predicted molar refractivity (Wildman–Crippen MR) is 266 cm³/mol. The minimum Gasteiger partial charge on any atom is -0.463 e. The van der Waals surface area contributed by atoms with E-state index in [9.17, 15) is 24.0 Å². The molecule has 1 aliphatic heterocycles. The molecule has 0 N–H and O–H groups in total. The van der Waals surface area contributed by atoms with Crippen LogP contribution in [0.3, 0.4) is 0 Å². The number of carbonyl (C=O) groups excluding carboxylic acids is 5. The molecular formula is C55H93NO12. The number of amides is 1. The highest BCUT2D eigenvalue weighted by Crippen LogP contribution is 2.30. The Labute approximate surface area is 411 Å². The molecule has 0 bridgehead atoms. The number of unbranched alkanes of at least 4 members (excludes halogenated alkanes) is 27. The van der Waals surface area contributed by atoms with Crippen LogP contribution in [0, 0.1) is 0 Å². The van der Waals surface area contributed by atoms with Gasteiger partial charge in [0.05, 0.1) is 0 Å². The third-order valence-corrected chi connectivity index (χ3v) is 12.5. The van der Waals surface area contributed by atoms with Gasteiger partial charge in [-0.05, 0) is 24.8 Å². The van der Waals surface area contributed by atoms with E-state index in [0.29, 0.717) is 13.2 Å². The van der Waals surface area contributed by atoms with Crippen LogP contribution in [0.5, 0.6) is 0 Å². The van der Waals surface area contributed by atoms with E-state index in [1.54, 1.807) is 0 Å². The van der Waals surface area contributed by atoms with Gasteiger partial charge in [-0.1, -0.05) is 204 Å². The summed E-state index contributed by atoms with van der Waals surface area (Å²) in [6, 6.07) is 9.92. The fourth-order valence-corrected chi connectivity index (χ4v) is 8.83. The fourth-order valence-electron chi connectivity index (χ4n) is 8.83. The van der Waals surface area contributed by atoms with Gasteiger partial charge < -0.3 is 38.1 Å². The van der Waals surface area contributed by atoms with Crippen molar-refractivity contribution in [2.24, 2.45) is 0 Å². The predicted octanol–water partition coefficient (Wildman–Crippen LogP) is 13.1. The maximum atomic E-state index is 13.1. The Kier molecular flexibility index (Phi) is 35.6. The molecule has 1 saturated heterocycles. The molecule has 390 valence electrons. The highest BCUT2D eigenvalue weighted by molar-refractivity contribution is 5.69. The second-order valence-electron chi connectivity index (χ2n) is 18.9. The van der Waals surface area contributed by atoms with Crippen LogP contribution in [0.2, 0.25) is 0 Å². The Morgan fingerprint density at radius 3 is 1.29 bits per heavy atom. The lowest BCUT2D eigenvalue weighted by molar-refractivity contribution is -0.308. The minimum absolute atomic E-state index is 0.189. The first-order valence-corrected chi connectivity index (χ1v) is 26.9. The van der Waals surface area contributed by atoms with Crippen LogP contribution in [-0.2, 0) is 58.9 Å². The van der Waals surface area contributed by atoms with Crippen LogP contribution in [0.1, 0.15) is 226 Å². The highest BCUT2D eigenvalue weighted by atomic mass is 16.7. The second kappa shape index (κ2) is 40.1. The van der Waals surface area contributed by atoms with E-state index in [1.165, 1.54) is 169 Å². The zero-order chi connectivity index (χ0) is 49.5. The third-order valence-electron chi connectivity index (χ3n) is 12.5. The number of ether oxygens (including phenoxy) is 7. The Morgan fingerprint density at radius 2 is 0.868 bits per heavy atom. The summed E-state index contributed by atoms with van der Waals surface area (Å²) in [6.07, 6.45) is 29.9.